The third-order valence-corrected chi connectivity index (χ3v) is 5.02. The minimum atomic E-state index is -1.44. The molecular weight excluding hydrogens is 415 g/mol. The Morgan fingerprint density at radius 2 is 1.82 bits per heavy atom. The van der Waals surface area contributed by atoms with Gasteiger partial charge in [0.05, 0.1) is 10.0 Å². The zero-order chi connectivity index (χ0) is 20.6. The van der Waals surface area contributed by atoms with E-state index in [0.29, 0.717) is 5.56 Å². The fraction of sp³-hybridized carbons (Fsp3) is 0.167. The molecule has 28 heavy (non-hydrogen) atoms. The van der Waals surface area contributed by atoms with Gasteiger partial charge >= 0.3 is 6.03 Å². The maximum atomic E-state index is 13.2. The molecule has 1 saturated heterocycles. The van der Waals surface area contributed by atoms with Gasteiger partial charge in [-0.2, -0.15) is 0 Å². The average molecular weight is 428 g/mol. The van der Waals surface area contributed by atoms with Gasteiger partial charge in [-0.3, -0.25) is 14.5 Å². The Hall–Kier alpha value is -2.71. The number of hydrogen-bond donors (Lipinski definition) is 2. The highest BCUT2D eigenvalue weighted by Gasteiger charge is 2.49. The number of benzene rings is 2. The fourth-order valence-electron chi connectivity index (χ4n) is 2.76. The monoisotopic (exact) mass is 427 g/mol. The van der Waals surface area contributed by atoms with Gasteiger partial charge in [0, 0.05) is 11.8 Å². The number of amides is 4. The first kappa shape index (κ1) is 20.0. The van der Waals surface area contributed by atoms with Crippen LogP contribution in [0.4, 0.5) is 19.3 Å². The van der Waals surface area contributed by atoms with E-state index in [1.807, 2.05) is 0 Å². The van der Waals surface area contributed by atoms with Crippen molar-refractivity contribution in [1.82, 2.24) is 10.2 Å². The van der Waals surface area contributed by atoms with Crippen molar-refractivity contribution in [1.29, 1.82) is 0 Å². The van der Waals surface area contributed by atoms with Crippen LogP contribution in [-0.2, 0) is 15.1 Å². The summed E-state index contributed by atoms with van der Waals surface area (Å²) < 4.78 is 26.2. The van der Waals surface area contributed by atoms with E-state index in [9.17, 15) is 23.2 Å². The summed E-state index contributed by atoms with van der Waals surface area (Å²) in [7, 11) is 0. The van der Waals surface area contributed by atoms with Crippen molar-refractivity contribution in [2.45, 2.75) is 12.5 Å². The van der Waals surface area contributed by atoms with E-state index in [1.54, 1.807) is 0 Å². The minimum Gasteiger partial charge on any atom is -0.324 e. The molecule has 1 heterocycles. The lowest BCUT2D eigenvalue weighted by Crippen LogP contribution is -2.42. The van der Waals surface area contributed by atoms with E-state index in [-0.39, 0.29) is 15.7 Å². The highest BCUT2D eigenvalue weighted by molar-refractivity contribution is 6.42. The third kappa shape index (κ3) is 3.65. The molecule has 1 atom stereocenters. The Labute approximate surface area is 168 Å². The molecule has 3 rings (SSSR count). The molecule has 2 N–H and O–H groups in total. The lowest BCUT2D eigenvalue weighted by molar-refractivity contribution is -0.133. The molecule has 0 bridgehead atoms. The third-order valence-electron chi connectivity index (χ3n) is 4.28. The number of imide groups is 1. The number of nitrogens with zero attached hydrogens (tertiary/aromatic N) is 1. The van der Waals surface area contributed by atoms with Gasteiger partial charge in [0.2, 0.25) is 5.91 Å². The number of urea groups is 1. The predicted octanol–water partition coefficient (Wildman–Crippen LogP) is 3.68. The van der Waals surface area contributed by atoms with E-state index >= 15 is 0 Å². The molecule has 1 aliphatic rings. The summed E-state index contributed by atoms with van der Waals surface area (Å²) in [4.78, 5) is 37.9. The summed E-state index contributed by atoms with van der Waals surface area (Å²) in [6.45, 7) is 0.862. The van der Waals surface area contributed by atoms with Crippen LogP contribution in [0.15, 0.2) is 36.4 Å². The van der Waals surface area contributed by atoms with Crippen LogP contribution in [0.5, 0.6) is 0 Å². The highest BCUT2D eigenvalue weighted by Crippen LogP contribution is 2.33. The summed E-state index contributed by atoms with van der Waals surface area (Å²) in [6.07, 6.45) is 0. The number of anilines is 1. The van der Waals surface area contributed by atoms with Gasteiger partial charge in [0.25, 0.3) is 5.91 Å². The van der Waals surface area contributed by atoms with Crippen molar-refractivity contribution >= 4 is 46.7 Å². The molecule has 4 amide bonds. The van der Waals surface area contributed by atoms with Gasteiger partial charge in [-0.15, -0.1) is 0 Å². The highest BCUT2D eigenvalue weighted by atomic mass is 35.5. The van der Waals surface area contributed by atoms with Crippen molar-refractivity contribution in [2.24, 2.45) is 0 Å². The molecule has 0 saturated carbocycles. The molecule has 0 spiro atoms. The normalized spacial score (nSPS) is 19.0. The number of hydrogen-bond acceptors (Lipinski definition) is 3. The lowest BCUT2D eigenvalue weighted by atomic mass is 9.92. The van der Waals surface area contributed by atoms with Gasteiger partial charge in [-0.05, 0) is 36.8 Å². The van der Waals surface area contributed by atoms with Crippen LogP contribution in [0.1, 0.15) is 12.5 Å². The molecule has 1 unspecified atom stereocenters. The Kier molecular flexibility index (Phi) is 5.27. The summed E-state index contributed by atoms with van der Waals surface area (Å²) >= 11 is 11.9. The largest absolute Gasteiger partial charge is 0.325 e. The summed E-state index contributed by atoms with van der Waals surface area (Å²) in [5.74, 6) is -3.63. The Morgan fingerprint density at radius 3 is 2.46 bits per heavy atom. The molecule has 146 valence electrons. The summed E-state index contributed by atoms with van der Waals surface area (Å²) in [5, 5.41) is 5.32. The predicted molar refractivity (Wildman–Crippen MR) is 99.0 cm³/mol. The van der Waals surface area contributed by atoms with Crippen LogP contribution in [0.3, 0.4) is 0 Å². The molecule has 10 heteroatoms. The number of carbonyl (C=O) groups is 3. The van der Waals surface area contributed by atoms with Crippen LogP contribution in [0, 0.1) is 11.6 Å². The van der Waals surface area contributed by atoms with Crippen LogP contribution >= 0.6 is 23.2 Å². The second-order valence-corrected chi connectivity index (χ2v) is 7.07. The minimum absolute atomic E-state index is 0.0109. The molecule has 1 aliphatic heterocycles. The second-order valence-electron chi connectivity index (χ2n) is 6.25. The number of nitrogens with one attached hydrogen (secondary N) is 2. The first-order chi connectivity index (χ1) is 13.1. The van der Waals surface area contributed by atoms with Crippen LogP contribution < -0.4 is 10.6 Å². The maximum Gasteiger partial charge on any atom is 0.325 e. The number of rotatable bonds is 4. The number of carbonyl (C=O) groups excluding carboxylic acids is 3. The van der Waals surface area contributed by atoms with E-state index < -0.39 is 41.6 Å². The summed E-state index contributed by atoms with van der Waals surface area (Å²) in [5.41, 5.74) is -1.06. The molecule has 6 nitrogen and oxygen atoms in total. The summed E-state index contributed by atoms with van der Waals surface area (Å²) in [6, 6.07) is 6.49. The first-order valence-electron chi connectivity index (χ1n) is 7.96. The number of halogens is 4. The van der Waals surface area contributed by atoms with Crippen LogP contribution in [0.2, 0.25) is 10.0 Å². The smallest absolute Gasteiger partial charge is 0.324 e. The van der Waals surface area contributed by atoms with Gasteiger partial charge in [0.15, 0.2) is 11.6 Å². The standard InChI is InChI=1S/C18H13Cl2F2N3O3/c1-18(9-2-4-11(19)12(20)6-9)16(27)25(17(28)24-18)8-15(26)23-10-3-5-13(21)14(22)7-10/h2-7H,8H2,1H3,(H,23,26)(H,24,28). The lowest BCUT2D eigenvalue weighted by Gasteiger charge is -2.22. The molecular formula is C18H13Cl2F2N3O3. The van der Waals surface area contributed by atoms with E-state index in [4.69, 9.17) is 23.2 Å². The van der Waals surface area contributed by atoms with Gasteiger partial charge in [-0.1, -0.05) is 29.3 Å². The molecule has 0 aliphatic carbocycles. The van der Waals surface area contributed by atoms with Gasteiger partial charge < -0.3 is 10.6 Å². The molecule has 0 radical (unpaired) electrons. The zero-order valence-electron chi connectivity index (χ0n) is 14.4. The van der Waals surface area contributed by atoms with Gasteiger partial charge in [0.1, 0.15) is 12.1 Å². The topological polar surface area (TPSA) is 78.5 Å². The van der Waals surface area contributed by atoms with Gasteiger partial charge in [-0.25, -0.2) is 13.6 Å². The van der Waals surface area contributed by atoms with E-state index in [0.717, 1.165) is 23.1 Å². The van der Waals surface area contributed by atoms with Crippen molar-refractivity contribution in [2.75, 3.05) is 11.9 Å². The molecule has 2 aromatic carbocycles. The maximum absolute atomic E-state index is 13.2. The zero-order valence-corrected chi connectivity index (χ0v) is 15.9. The molecule has 0 aromatic heterocycles. The fourth-order valence-corrected chi connectivity index (χ4v) is 3.06. The first-order valence-corrected chi connectivity index (χ1v) is 8.72. The Balaban J connectivity index is 1.76. The van der Waals surface area contributed by atoms with Crippen molar-refractivity contribution in [3.63, 3.8) is 0 Å². The molecule has 2 aromatic rings. The second kappa shape index (κ2) is 7.37. The van der Waals surface area contributed by atoms with Crippen molar-refractivity contribution in [3.8, 4) is 0 Å². The van der Waals surface area contributed by atoms with E-state index in [1.165, 1.54) is 25.1 Å². The van der Waals surface area contributed by atoms with Crippen molar-refractivity contribution in [3.05, 3.63) is 63.6 Å². The average Bonchev–Trinajstić information content (AvgIpc) is 2.84. The van der Waals surface area contributed by atoms with E-state index in [2.05, 4.69) is 10.6 Å². The SMILES string of the molecule is CC1(c2ccc(Cl)c(Cl)c2)NC(=O)N(CC(=O)Nc2ccc(F)c(F)c2)C1=O. The van der Waals surface area contributed by atoms with Crippen LogP contribution in [-0.4, -0.2) is 29.3 Å². The quantitative estimate of drug-likeness (QED) is 0.730. The Morgan fingerprint density at radius 1 is 1.11 bits per heavy atom. The molecule has 1 fully saturated rings. The van der Waals surface area contributed by atoms with Crippen molar-refractivity contribution < 1.29 is 23.2 Å². The Bertz CT molecular complexity index is 1000. The van der Waals surface area contributed by atoms with Crippen LogP contribution in [0.25, 0.3) is 0 Å².